The molecule has 1 unspecified atom stereocenters. The first-order valence-corrected chi connectivity index (χ1v) is 10.3. The molecule has 25 heavy (non-hydrogen) atoms. The fourth-order valence-corrected chi connectivity index (χ4v) is 4.49. The predicted molar refractivity (Wildman–Crippen MR) is 100 cm³/mol. The maximum absolute atomic E-state index is 12.2. The largest absolute Gasteiger partial charge is 0.370 e. The quantitative estimate of drug-likeness (QED) is 0.652. The van der Waals surface area contributed by atoms with Crippen LogP contribution in [0.15, 0.2) is 53.4 Å². The summed E-state index contributed by atoms with van der Waals surface area (Å²) in [6.45, 7) is 0.752. The molecule has 3 rings (SSSR count). The van der Waals surface area contributed by atoms with Gasteiger partial charge in [0.25, 0.3) is 0 Å². The highest BCUT2D eigenvalue weighted by atomic mass is 32.2. The molecule has 1 aliphatic heterocycles. The number of piperidine rings is 1. The third-order valence-electron chi connectivity index (χ3n) is 4.71. The topological polar surface area (TPSA) is 87.2 Å². The van der Waals surface area contributed by atoms with Crippen molar-refractivity contribution in [2.24, 2.45) is 5.73 Å². The smallest absolute Gasteiger partial charge is 0.188 e. The highest BCUT2D eigenvalue weighted by molar-refractivity contribution is 7.90. The summed E-state index contributed by atoms with van der Waals surface area (Å²) in [5.41, 5.74) is 8.41. The lowest BCUT2D eigenvalue weighted by Crippen LogP contribution is -2.42. The number of hydrogen-bond donors (Lipinski definition) is 2. The Kier molecular flexibility index (Phi) is 4.81. The molecule has 0 amide bonds. The number of benzene rings is 2. The van der Waals surface area contributed by atoms with Gasteiger partial charge in [0.05, 0.1) is 10.9 Å². The number of rotatable bonds is 3. The average Bonchev–Trinajstić information content (AvgIpc) is 2.61. The molecular formula is C19H23N3O2S. The Hall–Kier alpha value is -2.34. The van der Waals surface area contributed by atoms with Gasteiger partial charge in [0.1, 0.15) is 0 Å². The van der Waals surface area contributed by atoms with E-state index >= 15 is 0 Å². The summed E-state index contributed by atoms with van der Waals surface area (Å²) in [7, 11) is -3.34. The standard InChI is InChI=1S/C19H23N3O2S/c1-25(23,24)18-12-5-4-10-16(18)14-8-2-3-9-15(14)17-11-6-7-13-22(17)19(20)21/h2-5,8-10,12,17H,6-7,11,13H2,1H3,(H3,20,21). The van der Waals surface area contributed by atoms with Gasteiger partial charge in [0, 0.05) is 18.4 Å². The van der Waals surface area contributed by atoms with E-state index in [1.807, 2.05) is 41.3 Å². The summed E-state index contributed by atoms with van der Waals surface area (Å²) in [6.07, 6.45) is 4.21. The molecule has 1 atom stereocenters. The van der Waals surface area contributed by atoms with Gasteiger partial charge < -0.3 is 10.6 Å². The van der Waals surface area contributed by atoms with Crippen LogP contribution in [0.4, 0.5) is 0 Å². The van der Waals surface area contributed by atoms with Gasteiger partial charge in [-0.05, 0) is 36.5 Å². The second-order valence-corrected chi connectivity index (χ2v) is 8.43. The summed E-state index contributed by atoms with van der Waals surface area (Å²) in [4.78, 5) is 2.23. The van der Waals surface area contributed by atoms with Crippen LogP contribution in [0.1, 0.15) is 30.9 Å². The SMILES string of the molecule is CS(=O)(=O)c1ccccc1-c1ccccc1C1CCCCN1C(=N)N. The van der Waals surface area contributed by atoms with Crippen LogP contribution in [0.2, 0.25) is 0 Å². The van der Waals surface area contributed by atoms with Crippen LogP contribution in [0.25, 0.3) is 11.1 Å². The van der Waals surface area contributed by atoms with Crippen molar-refractivity contribution in [3.63, 3.8) is 0 Å². The van der Waals surface area contributed by atoms with Crippen LogP contribution >= 0.6 is 0 Å². The maximum Gasteiger partial charge on any atom is 0.188 e. The lowest BCUT2D eigenvalue weighted by Gasteiger charge is -2.37. The molecule has 1 saturated heterocycles. The van der Waals surface area contributed by atoms with E-state index in [9.17, 15) is 8.42 Å². The minimum Gasteiger partial charge on any atom is -0.370 e. The summed E-state index contributed by atoms with van der Waals surface area (Å²) in [5.74, 6) is 0.0656. The molecular weight excluding hydrogens is 334 g/mol. The molecule has 0 aliphatic carbocycles. The Bertz CT molecular complexity index is 893. The fraction of sp³-hybridized carbons (Fsp3) is 0.316. The summed E-state index contributed by atoms with van der Waals surface area (Å²) < 4.78 is 24.4. The number of nitrogens with one attached hydrogen (secondary N) is 1. The zero-order valence-electron chi connectivity index (χ0n) is 14.3. The Morgan fingerprint density at radius 2 is 1.72 bits per heavy atom. The van der Waals surface area contributed by atoms with Crippen molar-refractivity contribution in [3.8, 4) is 11.1 Å². The summed E-state index contributed by atoms with van der Waals surface area (Å²) in [5, 5.41) is 7.89. The van der Waals surface area contributed by atoms with Gasteiger partial charge in [-0.1, -0.05) is 42.5 Å². The van der Waals surface area contributed by atoms with E-state index in [-0.39, 0.29) is 12.0 Å². The first kappa shape index (κ1) is 17.5. The number of likely N-dealkylation sites (tertiary alicyclic amines) is 1. The molecule has 132 valence electrons. The van der Waals surface area contributed by atoms with Gasteiger partial charge in [0.2, 0.25) is 0 Å². The Morgan fingerprint density at radius 3 is 2.40 bits per heavy atom. The van der Waals surface area contributed by atoms with Crippen LogP contribution in [0.5, 0.6) is 0 Å². The highest BCUT2D eigenvalue weighted by Crippen LogP contribution is 2.38. The van der Waals surface area contributed by atoms with Crippen molar-refractivity contribution < 1.29 is 8.42 Å². The monoisotopic (exact) mass is 357 g/mol. The Labute approximate surface area is 148 Å². The van der Waals surface area contributed by atoms with Crippen LogP contribution in [0.3, 0.4) is 0 Å². The van der Waals surface area contributed by atoms with Crippen LogP contribution < -0.4 is 5.73 Å². The van der Waals surface area contributed by atoms with Crippen LogP contribution in [-0.2, 0) is 9.84 Å². The van der Waals surface area contributed by atoms with Crippen molar-refractivity contribution in [3.05, 3.63) is 54.1 Å². The van der Waals surface area contributed by atoms with E-state index in [1.54, 1.807) is 12.1 Å². The van der Waals surface area contributed by atoms with Crippen molar-refractivity contribution in [1.29, 1.82) is 5.41 Å². The minimum atomic E-state index is -3.34. The van der Waals surface area contributed by atoms with E-state index < -0.39 is 9.84 Å². The lowest BCUT2D eigenvalue weighted by molar-refractivity contribution is 0.241. The fourth-order valence-electron chi connectivity index (χ4n) is 3.59. The summed E-state index contributed by atoms with van der Waals surface area (Å²) in [6, 6.07) is 14.9. The molecule has 1 fully saturated rings. The van der Waals surface area contributed by atoms with Crippen molar-refractivity contribution in [1.82, 2.24) is 4.90 Å². The molecule has 1 aliphatic rings. The zero-order chi connectivity index (χ0) is 18.0. The minimum absolute atomic E-state index is 0.00457. The normalized spacial score (nSPS) is 18.1. The summed E-state index contributed by atoms with van der Waals surface area (Å²) >= 11 is 0. The van der Waals surface area contributed by atoms with Crippen molar-refractivity contribution in [2.75, 3.05) is 12.8 Å². The van der Waals surface area contributed by atoms with Gasteiger partial charge in [-0.3, -0.25) is 5.41 Å². The van der Waals surface area contributed by atoms with E-state index in [0.717, 1.165) is 36.9 Å². The molecule has 2 aromatic rings. The molecule has 2 aromatic carbocycles. The first-order valence-electron chi connectivity index (χ1n) is 8.38. The van der Waals surface area contributed by atoms with E-state index in [2.05, 4.69) is 0 Å². The number of guanidine groups is 1. The van der Waals surface area contributed by atoms with Gasteiger partial charge in [-0.2, -0.15) is 0 Å². The molecule has 0 saturated carbocycles. The predicted octanol–water partition coefficient (Wildman–Crippen LogP) is 3.18. The van der Waals surface area contributed by atoms with Gasteiger partial charge in [-0.25, -0.2) is 8.42 Å². The second kappa shape index (κ2) is 6.88. The molecule has 0 aromatic heterocycles. The van der Waals surface area contributed by atoms with Gasteiger partial charge in [-0.15, -0.1) is 0 Å². The Balaban J connectivity index is 2.17. The highest BCUT2D eigenvalue weighted by Gasteiger charge is 2.28. The average molecular weight is 357 g/mol. The molecule has 3 N–H and O–H groups in total. The molecule has 0 spiro atoms. The zero-order valence-corrected chi connectivity index (χ0v) is 15.1. The van der Waals surface area contributed by atoms with Crippen LogP contribution in [0, 0.1) is 5.41 Å². The van der Waals surface area contributed by atoms with Gasteiger partial charge >= 0.3 is 0 Å². The number of nitrogens with two attached hydrogens (primary N) is 1. The third-order valence-corrected chi connectivity index (χ3v) is 5.86. The number of sulfone groups is 1. The molecule has 6 heteroatoms. The third kappa shape index (κ3) is 3.54. The first-order chi connectivity index (χ1) is 11.9. The molecule has 0 radical (unpaired) electrons. The van der Waals surface area contributed by atoms with Crippen molar-refractivity contribution in [2.45, 2.75) is 30.2 Å². The van der Waals surface area contributed by atoms with E-state index in [0.29, 0.717) is 10.5 Å². The maximum atomic E-state index is 12.2. The molecule has 0 bridgehead atoms. The number of nitrogens with zero attached hydrogens (tertiary/aromatic N) is 1. The second-order valence-electron chi connectivity index (χ2n) is 6.45. The Morgan fingerprint density at radius 1 is 1.08 bits per heavy atom. The number of hydrogen-bond acceptors (Lipinski definition) is 3. The van der Waals surface area contributed by atoms with E-state index in [1.165, 1.54) is 6.26 Å². The lowest BCUT2D eigenvalue weighted by atomic mass is 9.89. The molecule has 5 nitrogen and oxygen atoms in total. The van der Waals surface area contributed by atoms with Crippen LogP contribution in [-0.4, -0.2) is 32.1 Å². The van der Waals surface area contributed by atoms with Gasteiger partial charge in [0.15, 0.2) is 15.8 Å². The van der Waals surface area contributed by atoms with Crippen molar-refractivity contribution >= 4 is 15.8 Å². The van der Waals surface area contributed by atoms with E-state index in [4.69, 9.17) is 11.1 Å². The molecule has 1 heterocycles.